The van der Waals surface area contributed by atoms with Gasteiger partial charge in [-0.3, -0.25) is 15.6 Å². The minimum absolute atomic E-state index is 0.215. The second-order valence-electron chi connectivity index (χ2n) is 5.49. The van der Waals surface area contributed by atoms with Crippen LogP contribution in [0.15, 0.2) is 54.6 Å². The molecule has 2 aromatic rings. The van der Waals surface area contributed by atoms with E-state index in [1.165, 1.54) is 0 Å². The SMILES string of the molecule is CCCCCNC(=S)NNC(=O)c1ccc(-c2ccccc2)cc1. The number of amides is 1. The maximum absolute atomic E-state index is 12.1. The first-order valence-electron chi connectivity index (χ1n) is 8.20. The van der Waals surface area contributed by atoms with Crippen LogP contribution in [0.5, 0.6) is 0 Å². The summed E-state index contributed by atoms with van der Waals surface area (Å²) in [5.41, 5.74) is 8.11. The van der Waals surface area contributed by atoms with Gasteiger partial charge in [-0.25, -0.2) is 0 Å². The number of carbonyl (C=O) groups excluding carboxylic acids is 1. The van der Waals surface area contributed by atoms with Gasteiger partial charge in [0.25, 0.3) is 5.91 Å². The van der Waals surface area contributed by atoms with E-state index in [4.69, 9.17) is 12.2 Å². The maximum Gasteiger partial charge on any atom is 0.269 e. The number of nitrogens with one attached hydrogen (secondary N) is 3. The van der Waals surface area contributed by atoms with E-state index in [2.05, 4.69) is 23.1 Å². The highest BCUT2D eigenvalue weighted by Crippen LogP contribution is 2.19. The predicted molar refractivity (Wildman–Crippen MR) is 103 cm³/mol. The summed E-state index contributed by atoms with van der Waals surface area (Å²) in [7, 11) is 0. The molecule has 0 saturated carbocycles. The van der Waals surface area contributed by atoms with Crippen LogP contribution in [-0.4, -0.2) is 17.6 Å². The Labute approximate surface area is 148 Å². The van der Waals surface area contributed by atoms with Crippen LogP contribution in [0.4, 0.5) is 0 Å². The highest BCUT2D eigenvalue weighted by Gasteiger charge is 2.06. The van der Waals surface area contributed by atoms with E-state index in [0.29, 0.717) is 10.7 Å². The summed E-state index contributed by atoms with van der Waals surface area (Å²) in [4.78, 5) is 12.1. The molecule has 3 N–H and O–H groups in total. The van der Waals surface area contributed by atoms with E-state index in [9.17, 15) is 4.79 Å². The normalized spacial score (nSPS) is 10.0. The van der Waals surface area contributed by atoms with Crippen molar-refractivity contribution in [3.05, 3.63) is 60.2 Å². The van der Waals surface area contributed by atoms with E-state index in [0.717, 1.165) is 36.9 Å². The van der Waals surface area contributed by atoms with Crippen molar-refractivity contribution in [1.29, 1.82) is 0 Å². The number of benzene rings is 2. The summed E-state index contributed by atoms with van der Waals surface area (Å²) in [5, 5.41) is 3.49. The summed E-state index contributed by atoms with van der Waals surface area (Å²) < 4.78 is 0. The number of hydrogen-bond acceptors (Lipinski definition) is 2. The van der Waals surface area contributed by atoms with Crippen LogP contribution in [0.25, 0.3) is 11.1 Å². The Morgan fingerprint density at radius 2 is 1.58 bits per heavy atom. The number of unbranched alkanes of at least 4 members (excludes halogenated alkanes) is 2. The lowest BCUT2D eigenvalue weighted by Gasteiger charge is -2.11. The van der Waals surface area contributed by atoms with Gasteiger partial charge in [0.05, 0.1) is 0 Å². The van der Waals surface area contributed by atoms with Crippen LogP contribution in [0.1, 0.15) is 36.5 Å². The van der Waals surface area contributed by atoms with Crippen molar-refractivity contribution in [2.45, 2.75) is 26.2 Å². The summed E-state index contributed by atoms with van der Waals surface area (Å²) in [6, 6.07) is 17.5. The largest absolute Gasteiger partial charge is 0.361 e. The molecule has 0 aliphatic rings. The molecule has 1 amide bonds. The van der Waals surface area contributed by atoms with Crippen LogP contribution in [0, 0.1) is 0 Å². The first-order chi connectivity index (χ1) is 11.7. The molecule has 2 rings (SSSR count). The molecule has 0 heterocycles. The number of thiocarbonyl (C=S) groups is 1. The summed E-state index contributed by atoms with van der Waals surface area (Å²) >= 11 is 5.12. The lowest BCUT2D eigenvalue weighted by Crippen LogP contribution is -2.46. The van der Waals surface area contributed by atoms with Crippen molar-refractivity contribution in [1.82, 2.24) is 16.2 Å². The zero-order valence-electron chi connectivity index (χ0n) is 13.8. The number of rotatable bonds is 6. The molecule has 0 fully saturated rings. The van der Waals surface area contributed by atoms with Crippen LogP contribution < -0.4 is 16.2 Å². The van der Waals surface area contributed by atoms with Gasteiger partial charge in [-0.05, 0) is 41.9 Å². The van der Waals surface area contributed by atoms with Gasteiger partial charge in [0.1, 0.15) is 0 Å². The molecule has 4 nitrogen and oxygen atoms in total. The molecule has 0 radical (unpaired) electrons. The third-order valence-electron chi connectivity index (χ3n) is 3.61. The molecule has 126 valence electrons. The van der Waals surface area contributed by atoms with Gasteiger partial charge in [0.2, 0.25) is 0 Å². The molecule has 0 spiro atoms. The van der Waals surface area contributed by atoms with Gasteiger partial charge in [-0.1, -0.05) is 62.2 Å². The maximum atomic E-state index is 12.1. The average molecular weight is 341 g/mol. The highest BCUT2D eigenvalue weighted by molar-refractivity contribution is 7.80. The standard InChI is InChI=1S/C19H23N3OS/c1-2-3-7-14-20-19(24)22-21-18(23)17-12-10-16(11-13-17)15-8-5-4-6-9-15/h4-6,8-13H,2-3,7,14H2,1H3,(H,21,23)(H2,20,22,24). The molecular formula is C19H23N3OS. The average Bonchev–Trinajstić information content (AvgIpc) is 2.64. The fraction of sp³-hybridized carbons (Fsp3) is 0.263. The highest BCUT2D eigenvalue weighted by atomic mass is 32.1. The van der Waals surface area contributed by atoms with Crippen molar-refractivity contribution >= 4 is 23.2 Å². The van der Waals surface area contributed by atoms with E-state index < -0.39 is 0 Å². The minimum Gasteiger partial charge on any atom is -0.361 e. The van der Waals surface area contributed by atoms with E-state index in [1.54, 1.807) is 12.1 Å². The van der Waals surface area contributed by atoms with Crippen LogP contribution in [0.2, 0.25) is 0 Å². The Morgan fingerprint density at radius 1 is 0.917 bits per heavy atom. The van der Waals surface area contributed by atoms with Gasteiger partial charge in [-0.2, -0.15) is 0 Å². The smallest absolute Gasteiger partial charge is 0.269 e. The summed E-state index contributed by atoms with van der Waals surface area (Å²) in [5.74, 6) is -0.215. The second-order valence-corrected chi connectivity index (χ2v) is 5.89. The third kappa shape index (κ3) is 5.66. The van der Waals surface area contributed by atoms with Crippen molar-refractivity contribution in [3.63, 3.8) is 0 Å². The molecule has 0 bridgehead atoms. The minimum atomic E-state index is -0.215. The Hall–Kier alpha value is -2.40. The molecule has 0 aliphatic carbocycles. The zero-order chi connectivity index (χ0) is 17.2. The quantitative estimate of drug-likeness (QED) is 0.426. The topological polar surface area (TPSA) is 53.2 Å². The van der Waals surface area contributed by atoms with Gasteiger partial charge in [-0.15, -0.1) is 0 Å². The van der Waals surface area contributed by atoms with Crippen molar-refractivity contribution in [3.8, 4) is 11.1 Å². The van der Waals surface area contributed by atoms with Gasteiger partial charge in [0, 0.05) is 12.1 Å². The Bertz CT molecular complexity index is 656. The zero-order valence-corrected chi connectivity index (χ0v) is 14.7. The van der Waals surface area contributed by atoms with Crippen LogP contribution in [0.3, 0.4) is 0 Å². The summed E-state index contributed by atoms with van der Waals surface area (Å²) in [6.45, 7) is 2.96. The lowest BCUT2D eigenvalue weighted by atomic mass is 10.0. The van der Waals surface area contributed by atoms with E-state index in [1.807, 2.05) is 42.5 Å². The first-order valence-corrected chi connectivity index (χ1v) is 8.61. The lowest BCUT2D eigenvalue weighted by molar-refractivity contribution is 0.0943. The predicted octanol–water partition coefficient (Wildman–Crippen LogP) is 3.65. The van der Waals surface area contributed by atoms with Crippen molar-refractivity contribution < 1.29 is 4.79 Å². The Kier molecular flexibility index (Phi) is 7.23. The van der Waals surface area contributed by atoms with E-state index >= 15 is 0 Å². The molecule has 0 saturated heterocycles. The molecule has 2 aromatic carbocycles. The monoisotopic (exact) mass is 341 g/mol. The van der Waals surface area contributed by atoms with Crippen LogP contribution >= 0.6 is 12.2 Å². The molecule has 0 unspecified atom stereocenters. The van der Waals surface area contributed by atoms with Gasteiger partial charge >= 0.3 is 0 Å². The molecular weight excluding hydrogens is 318 g/mol. The van der Waals surface area contributed by atoms with Crippen LogP contribution in [-0.2, 0) is 0 Å². The van der Waals surface area contributed by atoms with Crippen molar-refractivity contribution in [2.24, 2.45) is 0 Å². The Morgan fingerprint density at radius 3 is 2.25 bits per heavy atom. The molecule has 5 heteroatoms. The molecule has 24 heavy (non-hydrogen) atoms. The van der Waals surface area contributed by atoms with Gasteiger partial charge in [0.15, 0.2) is 5.11 Å². The van der Waals surface area contributed by atoms with E-state index in [-0.39, 0.29) is 5.91 Å². The fourth-order valence-corrected chi connectivity index (χ4v) is 2.40. The molecule has 0 aliphatic heterocycles. The third-order valence-corrected chi connectivity index (χ3v) is 3.86. The van der Waals surface area contributed by atoms with Crippen molar-refractivity contribution in [2.75, 3.05) is 6.54 Å². The van der Waals surface area contributed by atoms with Gasteiger partial charge < -0.3 is 5.32 Å². The number of hydrazine groups is 1. The first kappa shape index (κ1) is 17.9. The Balaban J connectivity index is 1.81. The fourth-order valence-electron chi connectivity index (χ4n) is 2.25. The number of hydrogen-bond donors (Lipinski definition) is 3. The molecule has 0 aromatic heterocycles. The summed E-state index contributed by atoms with van der Waals surface area (Å²) in [6.07, 6.45) is 3.39. The second kappa shape index (κ2) is 9.67. The number of carbonyl (C=O) groups is 1. The molecule has 0 atom stereocenters.